The number of aryl methyl sites for hydroxylation is 1. The van der Waals surface area contributed by atoms with Crippen LogP contribution in [0.2, 0.25) is 0 Å². The van der Waals surface area contributed by atoms with Crippen LogP contribution in [0.5, 0.6) is 6.01 Å². The summed E-state index contributed by atoms with van der Waals surface area (Å²) in [5.41, 5.74) is 0.295. The van der Waals surface area contributed by atoms with Crippen LogP contribution in [0.1, 0.15) is 19.7 Å². The first kappa shape index (κ1) is 12.7. The van der Waals surface area contributed by atoms with Gasteiger partial charge in [-0.15, -0.1) is 0 Å². The Morgan fingerprint density at radius 2 is 2.05 bits per heavy atom. The number of rotatable bonds is 3. The highest BCUT2D eigenvalue weighted by Crippen LogP contribution is 2.26. The molecule has 0 radical (unpaired) electrons. The standard InChI is InChI=1S/C10H11N5O4/c1-4(16)11-8-7(9-12-5(2)19-15-9)13-10(14-8)18-6(3)17/h1-3H3,(H,11,16)(H,13,14). The van der Waals surface area contributed by atoms with Crippen molar-refractivity contribution in [2.45, 2.75) is 20.8 Å². The topological polar surface area (TPSA) is 123 Å². The molecule has 0 aliphatic carbocycles. The summed E-state index contributed by atoms with van der Waals surface area (Å²) < 4.78 is 9.64. The Hall–Kier alpha value is -2.71. The Morgan fingerprint density at radius 3 is 2.58 bits per heavy atom. The fourth-order valence-electron chi connectivity index (χ4n) is 1.36. The average Bonchev–Trinajstić information content (AvgIpc) is 2.83. The first-order chi connectivity index (χ1) is 8.95. The molecular formula is C10H11N5O4. The Kier molecular flexibility index (Phi) is 3.27. The Morgan fingerprint density at radius 1 is 1.32 bits per heavy atom. The summed E-state index contributed by atoms with van der Waals surface area (Å²) in [6.07, 6.45) is 0. The first-order valence-corrected chi connectivity index (χ1v) is 5.32. The number of nitrogens with zero attached hydrogens (tertiary/aromatic N) is 3. The fraction of sp³-hybridized carbons (Fsp3) is 0.300. The molecule has 1 amide bonds. The molecule has 0 aliphatic rings. The molecule has 0 fully saturated rings. The van der Waals surface area contributed by atoms with E-state index < -0.39 is 5.97 Å². The number of hydrogen-bond donors (Lipinski definition) is 2. The Balaban J connectivity index is 2.41. The number of ether oxygens (including phenoxy) is 1. The molecule has 0 saturated heterocycles. The molecule has 0 spiro atoms. The summed E-state index contributed by atoms with van der Waals surface area (Å²) in [6, 6.07) is -0.0614. The normalized spacial score (nSPS) is 10.3. The maximum atomic E-state index is 11.1. The van der Waals surface area contributed by atoms with Crippen LogP contribution in [0.4, 0.5) is 5.82 Å². The lowest BCUT2D eigenvalue weighted by Crippen LogP contribution is -2.07. The molecule has 2 rings (SSSR count). The van der Waals surface area contributed by atoms with Gasteiger partial charge in [0.25, 0.3) is 0 Å². The van der Waals surface area contributed by atoms with Crippen molar-refractivity contribution in [3.63, 3.8) is 0 Å². The van der Waals surface area contributed by atoms with E-state index in [1.807, 2.05) is 0 Å². The summed E-state index contributed by atoms with van der Waals surface area (Å²) in [4.78, 5) is 32.6. The molecule has 100 valence electrons. The van der Waals surface area contributed by atoms with Crippen molar-refractivity contribution in [1.82, 2.24) is 20.1 Å². The molecule has 2 N–H and O–H groups in total. The van der Waals surface area contributed by atoms with Crippen molar-refractivity contribution in [3.05, 3.63) is 5.89 Å². The van der Waals surface area contributed by atoms with E-state index in [0.29, 0.717) is 11.6 Å². The van der Waals surface area contributed by atoms with Crippen LogP contribution in [0, 0.1) is 6.92 Å². The second-order valence-corrected chi connectivity index (χ2v) is 3.68. The van der Waals surface area contributed by atoms with Crippen molar-refractivity contribution in [3.8, 4) is 17.5 Å². The predicted molar refractivity (Wildman–Crippen MR) is 62.2 cm³/mol. The van der Waals surface area contributed by atoms with E-state index in [9.17, 15) is 9.59 Å². The monoisotopic (exact) mass is 265 g/mol. The third-order valence-corrected chi connectivity index (χ3v) is 1.97. The summed E-state index contributed by atoms with van der Waals surface area (Å²) in [6.45, 7) is 4.18. The zero-order valence-electron chi connectivity index (χ0n) is 10.5. The molecule has 2 aromatic rings. The molecule has 0 unspecified atom stereocenters. The number of hydrogen-bond acceptors (Lipinski definition) is 7. The molecule has 2 aromatic heterocycles. The summed E-state index contributed by atoms with van der Waals surface area (Å²) >= 11 is 0. The third-order valence-electron chi connectivity index (χ3n) is 1.97. The Bertz CT molecular complexity index is 630. The maximum Gasteiger partial charge on any atom is 0.310 e. The fourth-order valence-corrected chi connectivity index (χ4v) is 1.36. The van der Waals surface area contributed by atoms with Gasteiger partial charge < -0.3 is 19.6 Å². The molecule has 0 aromatic carbocycles. The molecule has 9 heteroatoms. The van der Waals surface area contributed by atoms with Gasteiger partial charge in [-0.05, 0) is 0 Å². The lowest BCUT2D eigenvalue weighted by molar-refractivity contribution is -0.132. The largest absolute Gasteiger partial charge is 0.392 e. The molecule has 0 bridgehead atoms. The van der Waals surface area contributed by atoms with Gasteiger partial charge in [-0.2, -0.15) is 9.97 Å². The highest BCUT2D eigenvalue weighted by Gasteiger charge is 2.19. The smallest absolute Gasteiger partial charge is 0.310 e. The zero-order valence-corrected chi connectivity index (χ0v) is 10.5. The van der Waals surface area contributed by atoms with E-state index in [4.69, 9.17) is 9.26 Å². The number of aromatic nitrogens is 4. The van der Waals surface area contributed by atoms with Gasteiger partial charge in [-0.25, -0.2) is 0 Å². The van der Waals surface area contributed by atoms with Crippen molar-refractivity contribution in [1.29, 1.82) is 0 Å². The van der Waals surface area contributed by atoms with Gasteiger partial charge in [0.15, 0.2) is 5.82 Å². The van der Waals surface area contributed by atoms with Crippen molar-refractivity contribution < 1.29 is 18.8 Å². The van der Waals surface area contributed by atoms with Crippen LogP contribution in [0.15, 0.2) is 4.52 Å². The SMILES string of the molecule is CC(=O)Nc1nc(OC(C)=O)[nH]c1-c1noc(C)n1. The van der Waals surface area contributed by atoms with Gasteiger partial charge in [0, 0.05) is 20.8 Å². The number of amides is 1. The van der Waals surface area contributed by atoms with Crippen LogP contribution >= 0.6 is 0 Å². The zero-order chi connectivity index (χ0) is 14.0. The molecule has 0 aliphatic heterocycles. The minimum absolute atomic E-state index is 0.0614. The minimum Gasteiger partial charge on any atom is -0.392 e. The van der Waals surface area contributed by atoms with Crippen LogP contribution in [0.3, 0.4) is 0 Å². The van der Waals surface area contributed by atoms with Gasteiger partial charge in [-0.3, -0.25) is 9.59 Å². The summed E-state index contributed by atoms with van der Waals surface area (Å²) in [7, 11) is 0. The number of nitrogens with one attached hydrogen (secondary N) is 2. The highest BCUT2D eigenvalue weighted by molar-refractivity contribution is 5.91. The number of H-pyrrole nitrogens is 1. The van der Waals surface area contributed by atoms with E-state index in [-0.39, 0.29) is 23.6 Å². The maximum absolute atomic E-state index is 11.1. The molecule has 0 atom stereocenters. The van der Waals surface area contributed by atoms with Crippen molar-refractivity contribution in [2.24, 2.45) is 0 Å². The number of aromatic amines is 1. The average molecular weight is 265 g/mol. The van der Waals surface area contributed by atoms with E-state index in [2.05, 4.69) is 25.4 Å². The summed E-state index contributed by atoms with van der Waals surface area (Å²) in [5.74, 6) is -0.162. The van der Waals surface area contributed by atoms with Gasteiger partial charge in [0.2, 0.25) is 17.6 Å². The molecule has 2 heterocycles. The van der Waals surface area contributed by atoms with Gasteiger partial charge >= 0.3 is 12.0 Å². The van der Waals surface area contributed by atoms with Crippen LogP contribution < -0.4 is 10.1 Å². The predicted octanol–water partition coefficient (Wildman–Crippen LogP) is 0.652. The lowest BCUT2D eigenvalue weighted by Gasteiger charge is -1.97. The van der Waals surface area contributed by atoms with Gasteiger partial charge in [0.1, 0.15) is 5.69 Å². The van der Waals surface area contributed by atoms with Crippen molar-refractivity contribution >= 4 is 17.7 Å². The van der Waals surface area contributed by atoms with Crippen molar-refractivity contribution in [2.75, 3.05) is 5.32 Å². The minimum atomic E-state index is -0.543. The number of carbonyl (C=O) groups excluding carboxylic acids is 2. The van der Waals surface area contributed by atoms with Gasteiger partial charge in [0.05, 0.1) is 0 Å². The number of anilines is 1. The Labute approximate surface area is 107 Å². The van der Waals surface area contributed by atoms with E-state index in [1.54, 1.807) is 6.92 Å². The number of esters is 1. The number of imidazole rings is 1. The van der Waals surface area contributed by atoms with Crippen LogP contribution in [0.25, 0.3) is 11.5 Å². The lowest BCUT2D eigenvalue weighted by atomic mass is 10.4. The van der Waals surface area contributed by atoms with Crippen LogP contribution in [-0.4, -0.2) is 32.0 Å². The molecule has 9 nitrogen and oxygen atoms in total. The molecule has 0 saturated carbocycles. The first-order valence-electron chi connectivity index (χ1n) is 5.32. The van der Waals surface area contributed by atoms with Crippen LogP contribution in [-0.2, 0) is 9.59 Å². The summed E-state index contributed by atoms with van der Waals surface area (Å²) in [5, 5.41) is 6.18. The quantitative estimate of drug-likeness (QED) is 0.781. The highest BCUT2D eigenvalue weighted by atomic mass is 16.5. The molecular weight excluding hydrogens is 254 g/mol. The van der Waals surface area contributed by atoms with Gasteiger partial charge in [-0.1, -0.05) is 5.16 Å². The second kappa shape index (κ2) is 4.88. The third kappa shape index (κ3) is 2.94. The molecule has 19 heavy (non-hydrogen) atoms. The van der Waals surface area contributed by atoms with E-state index >= 15 is 0 Å². The van der Waals surface area contributed by atoms with E-state index in [1.165, 1.54) is 13.8 Å². The second-order valence-electron chi connectivity index (χ2n) is 3.68. The van der Waals surface area contributed by atoms with E-state index in [0.717, 1.165) is 0 Å². The number of carbonyl (C=O) groups is 2.